The first-order chi connectivity index (χ1) is 13.2. The molecule has 2 aliphatic rings. The van der Waals surface area contributed by atoms with Gasteiger partial charge in [-0.05, 0) is 42.5 Å². The van der Waals surface area contributed by atoms with Crippen molar-refractivity contribution in [2.45, 2.75) is 37.4 Å². The Balaban J connectivity index is 1.49. The number of rotatable bonds is 7. The lowest BCUT2D eigenvalue weighted by atomic mass is 9.68. The minimum atomic E-state index is -0.567. The maximum absolute atomic E-state index is 11.2. The summed E-state index contributed by atoms with van der Waals surface area (Å²) in [5.41, 5.74) is 1.79. The molecule has 2 N–H and O–H groups in total. The Labute approximate surface area is 162 Å². The molecule has 0 spiro atoms. The quantitative estimate of drug-likeness (QED) is 0.790. The lowest BCUT2D eigenvalue weighted by Crippen LogP contribution is -2.51. The highest BCUT2D eigenvalue weighted by Gasteiger charge is 2.43. The fourth-order valence-corrected chi connectivity index (χ4v) is 4.19. The molecule has 1 unspecified atom stereocenters. The maximum atomic E-state index is 11.2. The van der Waals surface area contributed by atoms with Crippen LogP contribution in [0.1, 0.15) is 36.3 Å². The molecule has 2 aromatic carbocycles. The highest BCUT2D eigenvalue weighted by Crippen LogP contribution is 2.44. The highest BCUT2D eigenvalue weighted by atomic mass is 16.5. The molecule has 4 rings (SSSR count). The molecule has 144 valence electrons. The third kappa shape index (κ3) is 4.52. The van der Waals surface area contributed by atoms with Crippen LogP contribution in [0.25, 0.3) is 0 Å². The Morgan fingerprint density at radius 1 is 1.04 bits per heavy atom. The molecule has 0 amide bonds. The van der Waals surface area contributed by atoms with Gasteiger partial charge in [0.1, 0.15) is 12.4 Å². The van der Waals surface area contributed by atoms with E-state index in [9.17, 15) is 5.11 Å². The van der Waals surface area contributed by atoms with Gasteiger partial charge in [-0.3, -0.25) is 0 Å². The summed E-state index contributed by atoms with van der Waals surface area (Å²) >= 11 is 0. The molecule has 1 atom stereocenters. The number of ether oxygens (including phenoxy) is 1. The van der Waals surface area contributed by atoms with E-state index in [1.165, 1.54) is 5.56 Å². The van der Waals surface area contributed by atoms with Crippen molar-refractivity contribution in [1.82, 2.24) is 10.2 Å². The number of piperazine rings is 1. The van der Waals surface area contributed by atoms with Crippen molar-refractivity contribution in [2.24, 2.45) is 0 Å². The number of nitrogens with one attached hydrogen (secondary N) is 1. The Kier molecular flexibility index (Phi) is 5.77. The van der Waals surface area contributed by atoms with Crippen LogP contribution in [0.15, 0.2) is 54.6 Å². The highest BCUT2D eigenvalue weighted by molar-refractivity contribution is 5.34. The smallest absolute Gasteiger partial charge is 0.120 e. The molecule has 2 fully saturated rings. The third-order valence-corrected chi connectivity index (χ3v) is 6.03. The van der Waals surface area contributed by atoms with Crippen LogP contribution in [0.5, 0.6) is 5.75 Å². The SMILES string of the molecule is OC1(C(CN2CCNCC2)c2cccc(OCc3ccccc3)c2)CCC1. The van der Waals surface area contributed by atoms with Gasteiger partial charge in [-0.1, -0.05) is 42.5 Å². The molecular weight excluding hydrogens is 336 g/mol. The van der Waals surface area contributed by atoms with Gasteiger partial charge in [-0.2, -0.15) is 0 Å². The summed E-state index contributed by atoms with van der Waals surface area (Å²) in [6.45, 7) is 5.65. The lowest BCUT2D eigenvalue weighted by Gasteiger charge is -2.46. The van der Waals surface area contributed by atoms with E-state index in [0.717, 1.165) is 63.3 Å². The number of nitrogens with zero attached hydrogens (tertiary/aromatic N) is 1. The van der Waals surface area contributed by atoms with Crippen molar-refractivity contribution in [3.8, 4) is 5.75 Å². The fraction of sp³-hybridized carbons (Fsp3) is 0.478. The van der Waals surface area contributed by atoms with Gasteiger partial charge in [-0.25, -0.2) is 0 Å². The van der Waals surface area contributed by atoms with Crippen LogP contribution < -0.4 is 10.1 Å². The number of aliphatic hydroxyl groups is 1. The van der Waals surface area contributed by atoms with Crippen LogP contribution in [-0.4, -0.2) is 48.3 Å². The molecule has 1 saturated heterocycles. The second kappa shape index (κ2) is 8.42. The molecule has 1 aliphatic carbocycles. The molecule has 1 saturated carbocycles. The zero-order valence-corrected chi connectivity index (χ0v) is 15.9. The van der Waals surface area contributed by atoms with Crippen LogP contribution >= 0.6 is 0 Å². The van der Waals surface area contributed by atoms with Crippen LogP contribution in [0.4, 0.5) is 0 Å². The average Bonchev–Trinajstić information content (AvgIpc) is 2.70. The first-order valence-electron chi connectivity index (χ1n) is 10.2. The van der Waals surface area contributed by atoms with Gasteiger partial charge in [0.15, 0.2) is 0 Å². The van der Waals surface area contributed by atoms with E-state index in [1.54, 1.807) is 0 Å². The largest absolute Gasteiger partial charge is 0.489 e. The zero-order chi connectivity index (χ0) is 18.5. The molecule has 0 radical (unpaired) electrons. The van der Waals surface area contributed by atoms with Crippen LogP contribution in [0.3, 0.4) is 0 Å². The minimum Gasteiger partial charge on any atom is -0.489 e. The first kappa shape index (κ1) is 18.5. The molecule has 0 bridgehead atoms. The molecule has 4 nitrogen and oxygen atoms in total. The average molecular weight is 367 g/mol. The van der Waals surface area contributed by atoms with Gasteiger partial charge in [0.05, 0.1) is 5.60 Å². The summed E-state index contributed by atoms with van der Waals surface area (Å²) < 4.78 is 6.03. The van der Waals surface area contributed by atoms with Gasteiger partial charge in [0.2, 0.25) is 0 Å². The van der Waals surface area contributed by atoms with E-state index < -0.39 is 5.60 Å². The van der Waals surface area contributed by atoms with Crippen molar-refractivity contribution in [3.05, 3.63) is 65.7 Å². The molecule has 2 aromatic rings. The monoisotopic (exact) mass is 366 g/mol. The van der Waals surface area contributed by atoms with Gasteiger partial charge < -0.3 is 20.1 Å². The zero-order valence-electron chi connectivity index (χ0n) is 15.9. The summed E-state index contributed by atoms with van der Waals surface area (Å²) in [7, 11) is 0. The minimum absolute atomic E-state index is 0.143. The lowest BCUT2D eigenvalue weighted by molar-refractivity contribution is -0.0652. The van der Waals surface area contributed by atoms with Crippen LogP contribution in [-0.2, 0) is 6.61 Å². The second-order valence-corrected chi connectivity index (χ2v) is 7.91. The topological polar surface area (TPSA) is 44.7 Å². The predicted molar refractivity (Wildman–Crippen MR) is 108 cm³/mol. The molecule has 1 aliphatic heterocycles. The van der Waals surface area contributed by atoms with E-state index >= 15 is 0 Å². The Morgan fingerprint density at radius 3 is 2.52 bits per heavy atom. The summed E-state index contributed by atoms with van der Waals surface area (Å²) in [5.74, 6) is 1.02. The molecule has 1 heterocycles. The predicted octanol–water partition coefficient (Wildman–Crippen LogP) is 3.17. The summed E-state index contributed by atoms with van der Waals surface area (Å²) in [5, 5.41) is 14.6. The second-order valence-electron chi connectivity index (χ2n) is 7.91. The Bertz CT molecular complexity index is 724. The van der Waals surface area contributed by atoms with E-state index in [4.69, 9.17) is 4.74 Å². The van der Waals surface area contributed by atoms with Crippen molar-refractivity contribution in [1.29, 1.82) is 0 Å². The van der Waals surface area contributed by atoms with Crippen LogP contribution in [0.2, 0.25) is 0 Å². The van der Waals surface area contributed by atoms with Gasteiger partial charge in [0.25, 0.3) is 0 Å². The van der Waals surface area contributed by atoms with Crippen molar-refractivity contribution in [2.75, 3.05) is 32.7 Å². The summed E-state index contributed by atoms with van der Waals surface area (Å²) in [6, 6.07) is 18.6. The van der Waals surface area contributed by atoms with Gasteiger partial charge in [0, 0.05) is 38.6 Å². The fourth-order valence-electron chi connectivity index (χ4n) is 4.19. The third-order valence-electron chi connectivity index (χ3n) is 6.03. The normalized spacial score (nSPS) is 20.6. The molecule has 4 heteroatoms. The maximum Gasteiger partial charge on any atom is 0.120 e. The number of hydrogen-bond acceptors (Lipinski definition) is 4. The Morgan fingerprint density at radius 2 is 1.81 bits per heavy atom. The number of benzene rings is 2. The van der Waals surface area contributed by atoms with Crippen LogP contribution in [0, 0.1) is 0 Å². The Hall–Kier alpha value is -1.88. The van der Waals surface area contributed by atoms with E-state index in [-0.39, 0.29) is 5.92 Å². The summed E-state index contributed by atoms with van der Waals surface area (Å²) in [4.78, 5) is 2.48. The molecular formula is C23H30N2O2. The first-order valence-corrected chi connectivity index (χ1v) is 10.2. The molecule has 27 heavy (non-hydrogen) atoms. The van der Waals surface area contributed by atoms with Crippen molar-refractivity contribution < 1.29 is 9.84 Å². The van der Waals surface area contributed by atoms with Gasteiger partial charge >= 0.3 is 0 Å². The van der Waals surface area contributed by atoms with E-state index in [2.05, 4.69) is 40.5 Å². The van der Waals surface area contributed by atoms with Gasteiger partial charge in [-0.15, -0.1) is 0 Å². The standard InChI is InChI=1S/C23H30N2O2/c26-23(10-5-11-23)22(17-25-14-12-24-13-15-25)20-8-4-9-21(16-20)27-18-19-6-2-1-3-7-19/h1-4,6-9,16,22,24,26H,5,10-15,17-18H2. The van der Waals surface area contributed by atoms with Crippen molar-refractivity contribution >= 4 is 0 Å². The molecule has 0 aromatic heterocycles. The summed E-state index contributed by atoms with van der Waals surface area (Å²) in [6.07, 6.45) is 2.93. The van der Waals surface area contributed by atoms with Crippen molar-refractivity contribution in [3.63, 3.8) is 0 Å². The van der Waals surface area contributed by atoms with E-state index in [1.807, 2.05) is 24.3 Å². The number of hydrogen-bond donors (Lipinski definition) is 2. The van der Waals surface area contributed by atoms with E-state index in [0.29, 0.717) is 6.61 Å².